The third-order valence-corrected chi connectivity index (χ3v) is 4.12. The first-order valence-corrected chi connectivity index (χ1v) is 7.39. The van der Waals surface area contributed by atoms with Gasteiger partial charge in [-0.05, 0) is 30.2 Å². The van der Waals surface area contributed by atoms with E-state index in [1.807, 2.05) is 54.6 Å². The third-order valence-electron chi connectivity index (χ3n) is 4.12. The predicted molar refractivity (Wildman–Crippen MR) is 83.7 cm³/mol. The number of carboxylic acids is 1. The third kappa shape index (κ3) is 2.80. The van der Waals surface area contributed by atoms with Gasteiger partial charge in [0.15, 0.2) is 0 Å². The van der Waals surface area contributed by atoms with Gasteiger partial charge < -0.3 is 19.4 Å². The maximum Gasteiger partial charge on any atom is 0.134 e. The molecule has 118 valence electrons. The summed E-state index contributed by atoms with van der Waals surface area (Å²) >= 11 is 0. The minimum Gasteiger partial charge on any atom is -0.545 e. The van der Waals surface area contributed by atoms with E-state index in [-0.39, 0.29) is 11.7 Å². The van der Waals surface area contributed by atoms with E-state index in [0.29, 0.717) is 5.76 Å². The Morgan fingerprint density at radius 3 is 2.26 bits per heavy atom. The van der Waals surface area contributed by atoms with Gasteiger partial charge >= 0.3 is 0 Å². The van der Waals surface area contributed by atoms with Gasteiger partial charge in [-0.25, -0.2) is 0 Å². The molecule has 0 N–H and O–H groups in total. The molecule has 0 amide bonds. The van der Waals surface area contributed by atoms with Crippen molar-refractivity contribution in [1.29, 1.82) is 0 Å². The molecule has 0 saturated carbocycles. The lowest BCUT2D eigenvalue weighted by atomic mass is 9.84. The second-order valence-corrected chi connectivity index (χ2v) is 5.46. The molecule has 0 unspecified atom stereocenters. The van der Waals surface area contributed by atoms with Gasteiger partial charge in [0, 0.05) is 5.57 Å². The quantitative estimate of drug-likeness (QED) is 0.871. The highest BCUT2D eigenvalue weighted by molar-refractivity contribution is 5.88. The summed E-state index contributed by atoms with van der Waals surface area (Å²) in [6, 6.07) is 17.0. The highest BCUT2D eigenvalue weighted by atomic mass is 16.5. The van der Waals surface area contributed by atoms with E-state index in [9.17, 15) is 9.90 Å². The van der Waals surface area contributed by atoms with E-state index in [0.717, 1.165) is 16.9 Å². The molecule has 0 aliphatic carbocycles. The summed E-state index contributed by atoms with van der Waals surface area (Å²) in [5.74, 6) is -0.477. The highest BCUT2D eigenvalue weighted by Crippen LogP contribution is 2.47. The molecule has 1 aliphatic rings. The maximum absolute atomic E-state index is 11.6. The number of aliphatic carboxylic acids is 1. The molecule has 0 bridgehead atoms. The van der Waals surface area contributed by atoms with Crippen LogP contribution >= 0.6 is 0 Å². The van der Waals surface area contributed by atoms with Crippen LogP contribution in [-0.4, -0.2) is 13.1 Å². The average Bonchev–Trinajstić information content (AvgIpc) is 2.93. The van der Waals surface area contributed by atoms with E-state index in [1.165, 1.54) is 0 Å². The molecule has 0 aromatic heterocycles. The Hall–Kier alpha value is -2.75. The van der Waals surface area contributed by atoms with Crippen molar-refractivity contribution in [3.8, 4) is 5.75 Å². The van der Waals surface area contributed by atoms with Crippen LogP contribution in [0, 0.1) is 0 Å². The lowest BCUT2D eigenvalue weighted by Gasteiger charge is -2.23. The molecule has 2 aromatic rings. The van der Waals surface area contributed by atoms with Crippen LogP contribution in [-0.2, 0) is 9.53 Å². The van der Waals surface area contributed by atoms with Gasteiger partial charge in [-0.2, -0.15) is 0 Å². The molecule has 1 heterocycles. The number of hydrogen-bond acceptors (Lipinski definition) is 4. The van der Waals surface area contributed by atoms with E-state index < -0.39 is 11.9 Å². The van der Waals surface area contributed by atoms with Crippen LogP contribution in [0.25, 0.3) is 0 Å². The number of rotatable bonds is 4. The molecule has 2 aromatic carbocycles. The second-order valence-electron chi connectivity index (χ2n) is 5.46. The van der Waals surface area contributed by atoms with Gasteiger partial charge in [0.25, 0.3) is 0 Å². The number of methoxy groups -OCH3 is 1. The van der Waals surface area contributed by atoms with Crippen LogP contribution < -0.4 is 9.84 Å². The summed E-state index contributed by atoms with van der Waals surface area (Å²) in [4.78, 5) is 11.6. The fourth-order valence-electron chi connectivity index (χ4n) is 3.02. The van der Waals surface area contributed by atoms with Crippen molar-refractivity contribution in [2.75, 3.05) is 7.11 Å². The number of allylic oxidation sites excluding steroid dienone is 1. The number of benzene rings is 2. The Morgan fingerprint density at radius 1 is 1.04 bits per heavy atom. The van der Waals surface area contributed by atoms with Crippen LogP contribution in [0.3, 0.4) is 0 Å². The molecular weight excluding hydrogens is 292 g/mol. The highest BCUT2D eigenvalue weighted by Gasteiger charge is 2.37. The SMILES string of the molecule is COc1ccc([C@@H]2C(C(=O)[O-])=C(C)O[C@H]2c2ccccc2)cc1. The van der Waals surface area contributed by atoms with Gasteiger partial charge in [0.2, 0.25) is 0 Å². The number of carboxylic acid groups (broad SMARTS) is 1. The first kappa shape index (κ1) is 15.2. The van der Waals surface area contributed by atoms with Crippen LogP contribution in [0.1, 0.15) is 30.1 Å². The van der Waals surface area contributed by atoms with Crippen molar-refractivity contribution in [3.63, 3.8) is 0 Å². The molecule has 0 saturated heterocycles. The van der Waals surface area contributed by atoms with E-state index >= 15 is 0 Å². The Morgan fingerprint density at radius 2 is 1.70 bits per heavy atom. The lowest BCUT2D eigenvalue weighted by Crippen LogP contribution is -2.28. The molecule has 0 fully saturated rings. The minimum atomic E-state index is -1.19. The van der Waals surface area contributed by atoms with Crippen LogP contribution in [0.4, 0.5) is 0 Å². The molecule has 0 spiro atoms. The fraction of sp³-hybridized carbons (Fsp3) is 0.211. The lowest BCUT2D eigenvalue weighted by molar-refractivity contribution is -0.299. The summed E-state index contributed by atoms with van der Waals surface area (Å²) in [7, 11) is 1.59. The Balaban J connectivity index is 2.06. The topological polar surface area (TPSA) is 58.6 Å². The van der Waals surface area contributed by atoms with E-state index in [2.05, 4.69) is 0 Å². The Kier molecular flexibility index (Phi) is 4.06. The largest absolute Gasteiger partial charge is 0.545 e. The standard InChI is InChI=1S/C19H18O4/c1-12-16(19(20)21)17(13-8-10-15(22-2)11-9-13)18(23-12)14-6-4-3-5-7-14/h3-11,17-18H,1-2H3,(H,20,21)/p-1/t17-,18+/m1/s1. The smallest absolute Gasteiger partial charge is 0.134 e. The summed E-state index contributed by atoms with van der Waals surface area (Å²) in [5, 5.41) is 11.6. The summed E-state index contributed by atoms with van der Waals surface area (Å²) in [6.45, 7) is 1.67. The first-order valence-electron chi connectivity index (χ1n) is 7.39. The summed E-state index contributed by atoms with van der Waals surface area (Å²) < 4.78 is 11.0. The van der Waals surface area contributed by atoms with Crippen molar-refractivity contribution in [1.82, 2.24) is 0 Å². The molecule has 2 atom stereocenters. The van der Waals surface area contributed by atoms with Crippen molar-refractivity contribution in [3.05, 3.63) is 77.1 Å². The fourth-order valence-corrected chi connectivity index (χ4v) is 3.02. The van der Waals surface area contributed by atoms with Gasteiger partial charge in [-0.1, -0.05) is 42.5 Å². The number of carbonyl (C=O) groups excluding carboxylic acids is 1. The van der Waals surface area contributed by atoms with Crippen LogP contribution in [0.5, 0.6) is 5.75 Å². The zero-order valence-corrected chi connectivity index (χ0v) is 13.0. The Bertz CT molecular complexity index is 732. The molecule has 0 radical (unpaired) electrons. The molecule has 4 nitrogen and oxygen atoms in total. The second kappa shape index (κ2) is 6.16. The molecule has 4 heteroatoms. The maximum atomic E-state index is 11.6. The zero-order chi connectivity index (χ0) is 16.4. The Labute approximate surface area is 135 Å². The first-order chi connectivity index (χ1) is 11.1. The average molecular weight is 309 g/mol. The van der Waals surface area contributed by atoms with Crippen molar-refractivity contribution in [2.45, 2.75) is 18.9 Å². The van der Waals surface area contributed by atoms with Gasteiger partial charge in [-0.3, -0.25) is 0 Å². The monoisotopic (exact) mass is 309 g/mol. The summed E-state index contributed by atoms with van der Waals surface area (Å²) in [6.07, 6.45) is -0.377. The zero-order valence-electron chi connectivity index (χ0n) is 13.0. The van der Waals surface area contributed by atoms with Crippen molar-refractivity contribution >= 4 is 5.97 Å². The van der Waals surface area contributed by atoms with Gasteiger partial charge in [-0.15, -0.1) is 0 Å². The van der Waals surface area contributed by atoms with Crippen molar-refractivity contribution < 1.29 is 19.4 Å². The minimum absolute atomic E-state index is 0.198. The number of hydrogen-bond donors (Lipinski definition) is 0. The van der Waals surface area contributed by atoms with Crippen LogP contribution in [0.2, 0.25) is 0 Å². The molecule has 1 aliphatic heterocycles. The number of carbonyl (C=O) groups is 1. The van der Waals surface area contributed by atoms with E-state index in [4.69, 9.17) is 9.47 Å². The van der Waals surface area contributed by atoms with Gasteiger partial charge in [0.05, 0.1) is 24.8 Å². The molecular formula is C19H17O4-. The summed E-state index contributed by atoms with van der Waals surface area (Å²) in [5.41, 5.74) is 1.99. The van der Waals surface area contributed by atoms with Crippen molar-refractivity contribution in [2.24, 2.45) is 0 Å². The predicted octanol–water partition coefficient (Wildman–Crippen LogP) is 2.57. The molecule has 23 heavy (non-hydrogen) atoms. The molecule has 3 rings (SSSR count). The normalized spacial score (nSPS) is 20.3. The van der Waals surface area contributed by atoms with E-state index in [1.54, 1.807) is 14.0 Å². The van der Waals surface area contributed by atoms with Gasteiger partial charge in [0.1, 0.15) is 11.9 Å². The van der Waals surface area contributed by atoms with Crippen LogP contribution in [0.15, 0.2) is 65.9 Å². The number of ether oxygens (including phenoxy) is 2.